The van der Waals surface area contributed by atoms with Gasteiger partial charge in [-0.15, -0.1) is 0 Å². The number of nitrogens with zero attached hydrogens (tertiary/aromatic N) is 1. The number of imide groups is 1. The van der Waals surface area contributed by atoms with Gasteiger partial charge >= 0.3 is 5.97 Å². The van der Waals surface area contributed by atoms with Crippen molar-refractivity contribution in [2.24, 2.45) is 0 Å². The summed E-state index contributed by atoms with van der Waals surface area (Å²) in [5, 5.41) is 0. The SMILES string of the molecule is CCCOC(=O)[C@@H]1CCC(=O)N1C(=O)C(Cl)Cl. The molecule has 0 spiro atoms. The van der Waals surface area contributed by atoms with Crippen molar-refractivity contribution in [3.8, 4) is 0 Å². The minimum atomic E-state index is -1.35. The van der Waals surface area contributed by atoms with Crippen LogP contribution in [0.15, 0.2) is 0 Å². The summed E-state index contributed by atoms with van der Waals surface area (Å²) < 4.78 is 4.91. The Balaban J connectivity index is 2.74. The van der Waals surface area contributed by atoms with Crippen LogP contribution >= 0.6 is 23.2 Å². The highest BCUT2D eigenvalue weighted by Gasteiger charge is 2.42. The molecule has 1 aliphatic rings. The van der Waals surface area contributed by atoms with Gasteiger partial charge in [0, 0.05) is 6.42 Å². The fourth-order valence-corrected chi connectivity index (χ4v) is 1.80. The summed E-state index contributed by atoms with van der Waals surface area (Å²) in [7, 11) is 0. The number of amides is 2. The zero-order valence-electron chi connectivity index (χ0n) is 9.32. The summed E-state index contributed by atoms with van der Waals surface area (Å²) in [5.74, 6) is -1.80. The highest BCUT2D eigenvalue weighted by molar-refractivity contribution is 6.54. The predicted molar refractivity (Wildman–Crippen MR) is 61.6 cm³/mol. The van der Waals surface area contributed by atoms with Crippen LogP contribution in [0.3, 0.4) is 0 Å². The maximum atomic E-state index is 11.6. The maximum absolute atomic E-state index is 11.6. The lowest BCUT2D eigenvalue weighted by Gasteiger charge is -2.21. The first kappa shape index (κ1) is 14.3. The molecule has 0 N–H and O–H groups in total. The Bertz CT molecular complexity index is 332. The number of esters is 1. The van der Waals surface area contributed by atoms with E-state index in [-0.39, 0.29) is 19.4 Å². The maximum Gasteiger partial charge on any atom is 0.329 e. The van der Waals surface area contributed by atoms with E-state index in [1.165, 1.54) is 0 Å². The van der Waals surface area contributed by atoms with Gasteiger partial charge < -0.3 is 4.74 Å². The third-order valence-electron chi connectivity index (χ3n) is 2.36. The second-order valence-corrected chi connectivity index (χ2v) is 4.72. The molecule has 0 saturated carbocycles. The number of rotatable bonds is 4. The molecule has 0 unspecified atom stereocenters. The predicted octanol–water partition coefficient (Wildman–Crippen LogP) is 1.26. The summed E-state index contributed by atoms with van der Waals surface area (Å²) >= 11 is 10.8. The van der Waals surface area contributed by atoms with Crippen LogP contribution < -0.4 is 0 Å². The summed E-state index contributed by atoms with van der Waals surface area (Å²) in [6.07, 6.45) is 1.06. The smallest absolute Gasteiger partial charge is 0.329 e. The van der Waals surface area contributed by atoms with E-state index in [4.69, 9.17) is 27.9 Å². The number of alkyl halides is 2. The number of carbonyl (C=O) groups is 3. The van der Waals surface area contributed by atoms with E-state index in [2.05, 4.69) is 0 Å². The largest absolute Gasteiger partial charge is 0.464 e. The first-order valence-electron chi connectivity index (χ1n) is 5.29. The van der Waals surface area contributed by atoms with Gasteiger partial charge in [0.05, 0.1) is 6.61 Å². The van der Waals surface area contributed by atoms with E-state index in [1.54, 1.807) is 0 Å². The summed E-state index contributed by atoms with van der Waals surface area (Å²) in [5.41, 5.74) is 0. The van der Waals surface area contributed by atoms with Gasteiger partial charge in [0.15, 0.2) is 4.84 Å². The van der Waals surface area contributed by atoms with Crippen LogP contribution in [0.2, 0.25) is 0 Å². The van der Waals surface area contributed by atoms with Gasteiger partial charge in [-0.3, -0.25) is 14.5 Å². The summed E-state index contributed by atoms with van der Waals surface area (Å²) in [4.78, 5) is 34.2. The second-order valence-electron chi connectivity index (χ2n) is 3.62. The van der Waals surface area contributed by atoms with Crippen molar-refractivity contribution in [1.82, 2.24) is 4.90 Å². The number of likely N-dealkylation sites (tertiary alicyclic amines) is 1. The molecule has 0 aromatic heterocycles. The van der Waals surface area contributed by atoms with E-state index in [0.29, 0.717) is 6.42 Å². The average Bonchev–Trinajstić information content (AvgIpc) is 2.66. The Kier molecular flexibility index (Phi) is 5.21. The normalized spacial score (nSPS) is 19.9. The molecule has 96 valence electrons. The Morgan fingerprint density at radius 2 is 2.18 bits per heavy atom. The lowest BCUT2D eigenvalue weighted by molar-refractivity contribution is -0.157. The first-order chi connectivity index (χ1) is 7.99. The van der Waals surface area contributed by atoms with Crippen LogP contribution in [-0.4, -0.2) is 40.2 Å². The molecular weight excluding hydrogens is 269 g/mol. The number of ether oxygens (including phenoxy) is 1. The van der Waals surface area contributed by atoms with E-state index in [0.717, 1.165) is 4.90 Å². The minimum Gasteiger partial charge on any atom is -0.464 e. The Morgan fingerprint density at radius 1 is 1.53 bits per heavy atom. The molecule has 0 bridgehead atoms. The fourth-order valence-electron chi connectivity index (χ4n) is 1.59. The second kappa shape index (κ2) is 6.21. The van der Waals surface area contributed by atoms with Gasteiger partial charge in [0.25, 0.3) is 5.91 Å². The van der Waals surface area contributed by atoms with Crippen LogP contribution in [0, 0.1) is 0 Å². The molecule has 1 aliphatic heterocycles. The van der Waals surface area contributed by atoms with Gasteiger partial charge in [-0.2, -0.15) is 0 Å². The van der Waals surface area contributed by atoms with Crippen molar-refractivity contribution < 1.29 is 19.1 Å². The van der Waals surface area contributed by atoms with Crippen molar-refractivity contribution in [1.29, 1.82) is 0 Å². The monoisotopic (exact) mass is 281 g/mol. The van der Waals surface area contributed by atoms with Gasteiger partial charge in [-0.05, 0) is 12.8 Å². The standard InChI is InChI=1S/C10H13Cl2NO4/c1-2-5-17-10(16)6-3-4-7(14)13(6)9(15)8(11)12/h6,8H,2-5H2,1H3/t6-/m0/s1. The quantitative estimate of drug-likeness (QED) is 0.575. The van der Waals surface area contributed by atoms with E-state index in [1.807, 2.05) is 6.92 Å². The Labute approximate surface area is 109 Å². The van der Waals surface area contributed by atoms with Crippen molar-refractivity contribution >= 4 is 41.0 Å². The van der Waals surface area contributed by atoms with Crippen molar-refractivity contribution in [2.45, 2.75) is 37.1 Å². The third kappa shape index (κ3) is 3.33. The number of halogens is 2. The molecule has 1 saturated heterocycles. The van der Waals surface area contributed by atoms with E-state index in [9.17, 15) is 14.4 Å². The molecule has 2 amide bonds. The fraction of sp³-hybridized carbons (Fsp3) is 0.700. The lowest BCUT2D eigenvalue weighted by atomic mass is 10.2. The number of hydrogen-bond acceptors (Lipinski definition) is 4. The molecule has 7 heteroatoms. The van der Waals surface area contributed by atoms with Crippen molar-refractivity contribution in [3.05, 3.63) is 0 Å². The van der Waals surface area contributed by atoms with Crippen LogP contribution in [0.5, 0.6) is 0 Å². The Morgan fingerprint density at radius 3 is 2.71 bits per heavy atom. The van der Waals surface area contributed by atoms with Gasteiger partial charge in [-0.1, -0.05) is 30.1 Å². The van der Waals surface area contributed by atoms with Crippen LogP contribution in [0.25, 0.3) is 0 Å². The molecular formula is C10H13Cl2NO4. The minimum absolute atomic E-state index is 0.123. The summed E-state index contributed by atoms with van der Waals surface area (Å²) in [6.45, 7) is 2.11. The van der Waals surface area contributed by atoms with Crippen molar-refractivity contribution in [2.75, 3.05) is 6.61 Å². The average molecular weight is 282 g/mol. The molecule has 1 rings (SSSR count). The van der Waals surface area contributed by atoms with Gasteiger partial charge in [0.2, 0.25) is 5.91 Å². The topological polar surface area (TPSA) is 63.7 Å². The molecule has 0 radical (unpaired) electrons. The first-order valence-corrected chi connectivity index (χ1v) is 6.17. The molecule has 5 nitrogen and oxygen atoms in total. The number of carbonyl (C=O) groups excluding carboxylic acids is 3. The molecule has 17 heavy (non-hydrogen) atoms. The van der Waals surface area contributed by atoms with E-state index < -0.39 is 28.7 Å². The molecule has 0 aromatic rings. The van der Waals surface area contributed by atoms with Crippen LogP contribution in [0.4, 0.5) is 0 Å². The van der Waals surface area contributed by atoms with E-state index >= 15 is 0 Å². The molecule has 1 fully saturated rings. The highest BCUT2D eigenvalue weighted by atomic mass is 35.5. The molecule has 0 aromatic carbocycles. The third-order valence-corrected chi connectivity index (χ3v) is 2.73. The van der Waals surface area contributed by atoms with Crippen molar-refractivity contribution in [3.63, 3.8) is 0 Å². The number of hydrogen-bond donors (Lipinski definition) is 0. The summed E-state index contributed by atoms with van der Waals surface area (Å²) in [6, 6.07) is -0.887. The van der Waals surface area contributed by atoms with Crippen LogP contribution in [0.1, 0.15) is 26.2 Å². The van der Waals surface area contributed by atoms with Gasteiger partial charge in [-0.25, -0.2) is 4.79 Å². The highest BCUT2D eigenvalue weighted by Crippen LogP contribution is 2.23. The van der Waals surface area contributed by atoms with Crippen LogP contribution in [-0.2, 0) is 19.1 Å². The Hall–Kier alpha value is -0.810. The molecule has 1 atom stereocenters. The van der Waals surface area contributed by atoms with Gasteiger partial charge in [0.1, 0.15) is 6.04 Å². The zero-order valence-corrected chi connectivity index (χ0v) is 10.8. The molecule has 0 aliphatic carbocycles. The zero-order chi connectivity index (χ0) is 13.0. The molecule has 1 heterocycles. The lowest BCUT2D eigenvalue weighted by Crippen LogP contribution is -2.45.